The molecule has 2 rings (SSSR count). The van der Waals surface area contributed by atoms with Crippen LogP contribution in [0.2, 0.25) is 0 Å². The number of piperidine rings is 1. The van der Waals surface area contributed by atoms with Crippen LogP contribution in [0.25, 0.3) is 0 Å². The number of rotatable bonds is 10. The van der Waals surface area contributed by atoms with Crippen molar-refractivity contribution in [3.63, 3.8) is 0 Å². The molecule has 6 heteroatoms. The zero-order valence-corrected chi connectivity index (χ0v) is 19.4. The van der Waals surface area contributed by atoms with Gasteiger partial charge in [0.05, 0.1) is 0 Å². The summed E-state index contributed by atoms with van der Waals surface area (Å²) in [7, 11) is 4.10. The molecule has 168 valence electrons. The van der Waals surface area contributed by atoms with Crippen molar-refractivity contribution in [1.82, 2.24) is 19.6 Å². The molecular formula is C23H44N4O2. The minimum atomic E-state index is 0.0717. The van der Waals surface area contributed by atoms with Gasteiger partial charge in [-0.3, -0.25) is 14.5 Å². The van der Waals surface area contributed by atoms with Gasteiger partial charge in [0.1, 0.15) is 0 Å². The number of amides is 2. The van der Waals surface area contributed by atoms with Crippen LogP contribution in [0.5, 0.6) is 0 Å². The Morgan fingerprint density at radius 3 is 2.17 bits per heavy atom. The van der Waals surface area contributed by atoms with Crippen molar-refractivity contribution in [3.8, 4) is 0 Å². The molecule has 0 bridgehead atoms. The summed E-state index contributed by atoms with van der Waals surface area (Å²) in [5, 5.41) is 0. The van der Waals surface area contributed by atoms with Gasteiger partial charge < -0.3 is 14.7 Å². The molecule has 2 heterocycles. The van der Waals surface area contributed by atoms with Gasteiger partial charge in [0.25, 0.3) is 0 Å². The van der Waals surface area contributed by atoms with Crippen molar-refractivity contribution in [3.05, 3.63) is 0 Å². The third-order valence-electron chi connectivity index (χ3n) is 6.58. The molecule has 0 unspecified atom stereocenters. The Labute approximate surface area is 178 Å². The summed E-state index contributed by atoms with van der Waals surface area (Å²) in [6, 6.07) is 0. The maximum Gasteiger partial charge on any atom is 0.224 e. The van der Waals surface area contributed by atoms with Gasteiger partial charge in [0.2, 0.25) is 11.8 Å². The summed E-state index contributed by atoms with van der Waals surface area (Å²) >= 11 is 0. The average molecular weight is 409 g/mol. The lowest BCUT2D eigenvalue weighted by Gasteiger charge is -2.38. The number of hydrogen-bond donors (Lipinski definition) is 0. The lowest BCUT2D eigenvalue weighted by Crippen LogP contribution is -2.50. The summed E-state index contributed by atoms with van der Waals surface area (Å²) in [4.78, 5) is 33.2. The van der Waals surface area contributed by atoms with E-state index >= 15 is 0 Å². The van der Waals surface area contributed by atoms with E-state index in [2.05, 4.69) is 21.7 Å². The lowest BCUT2D eigenvalue weighted by atomic mass is 9.96. The third-order valence-corrected chi connectivity index (χ3v) is 6.58. The van der Waals surface area contributed by atoms with E-state index in [9.17, 15) is 9.59 Å². The first-order valence-corrected chi connectivity index (χ1v) is 11.8. The van der Waals surface area contributed by atoms with Crippen LogP contribution >= 0.6 is 0 Å². The van der Waals surface area contributed by atoms with Crippen molar-refractivity contribution < 1.29 is 9.59 Å². The quantitative estimate of drug-likeness (QED) is 0.521. The predicted molar refractivity (Wildman–Crippen MR) is 119 cm³/mol. The van der Waals surface area contributed by atoms with Crippen molar-refractivity contribution >= 4 is 11.8 Å². The van der Waals surface area contributed by atoms with Gasteiger partial charge in [-0.15, -0.1) is 0 Å². The van der Waals surface area contributed by atoms with Crippen molar-refractivity contribution in [1.29, 1.82) is 0 Å². The van der Waals surface area contributed by atoms with E-state index in [1.807, 2.05) is 25.8 Å². The summed E-state index contributed by atoms with van der Waals surface area (Å²) in [5.41, 5.74) is 0. The Balaban J connectivity index is 1.51. The van der Waals surface area contributed by atoms with Crippen molar-refractivity contribution in [2.24, 2.45) is 11.8 Å². The SMILES string of the molecule is CC(C)C(=O)N(C)CCCCCCC(=O)N1CCN(CC2CCN(C)CC2)CC1. The molecule has 2 aliphatic rings. The van der Waals surface area contributed by atoms with Crippen LogP contribution in [-0.4, -0.2) is 97.9 Å². The highest BCUT2D eigenvalue weighted by Gasteiger charge is 2.24. The van der Waals surface area contributed by atoms with Crippen molar-refractivity contribution in [2.75, 3.05) is 66.5 Å². The summed E-state index contributed by atoms with van der Waals surface area (Å²) < 4.78 is 0. The Hall–Kier alpha value is -1.14. The van der Waals surface area contributed by atoms with E-state index in [0.717, 1.165) is 64.3 Å². The number of piperazine rings is 1. The number of unbranched alkanes of at least 4 members (excludes halogenated alkanes) is 3. The predicted octanol–water partition coefficient (Wildman–Crippen LogP) is 2.54. The highest BCUT2D eigenvalue weighted by Crippen LogP contribution is 2.18. The zero-order valence-electron chi connectivity index (χ0n) is 19.4. The van der Waals surface area contributed by atoms with Crippen LogP contribution in [0.4, 0.5) is 0 Å². The Morgan fingerprint density at radius 2 is 1.55 bits per heavy atom. The number of hydrogen-bond acceptors (Lipinski definition) is 4. The fraction of sp³-hybridized carbons (Fsp3) is 0.913. The Morgan fingerprint density at radius 1 is 0.931 bits per heavy atom. The van der Waals surface area contributed by atoms with Gasteiger partial charge in [0, 0.05) is 58.7 Å². The van der Waals surface area contributed by atoms with Gasteiger partial charge in [-0.1, -0.05) is 26.7 Å². The topological polar surface area (TPSA) is 47.1 Å². The van der Waals surface area contributed by atoms with E-state index in [1.54, 1.807) is 0 Å². The second-order valence-corrected chi connectivity index (χ2v) is 9.51. The van der Waals surface area contributed by atoms with Crippen LogP contribution in [0.1, 0.15) is 58.8 Å². The molecule has 6 nitrogen and oxygen atoms in total. The van der Waals surface area contributed by atoms with Gasteiger partial charge in [-0.2, -0.15) is 0 Å². The molecule has 2 saturated heterocycles. The molecular weight excluding hydrogens is 364 g/mol. The largest absolute Gasteiger partial charge is 0.346 e. The summed E-state index contributed by atoms with van der Waals surface area (Å²) in [6.45, 7) is 12.2. The molecule has 0 aromatic carbocycles. The molecule has 0 aromatic heterocycles. The zero-order chi connectivity index (χ0) is 21.2. The molecule has 0 aromatic rings. The van der Waals surface area contributed by atoms with Crippen LogP contribution in [-0.2, 0) is 9.59 Å². The fourth-order valence-electron chi connectivity index (χ4n) is 4.48. The highest BCUT2D eigenvalue weighted by molar-refractivity contribution is 5.77. The second kappa shape index (κ2) is 12.5. The van der Waals surface area contributed by atoms with E-state index in [0.29, 0.717) is 12.3 Å². The maximum absolute atomic E-state index is 12.5. The molecule has 0 N–H and O–H groups in total. The summed E-state index contributed by atoms with van der Waals surface area (Å²) in [5.74, 6) is 1.46. The maximum atomic E-state index is 12.5. The van der Waals surface area contributed by atoms with Crippen LogP contribution < -0.4 is 0 Å². The van der Waals surface area contributed by atoms with Crippen LogP contribution in [0.15, 0.2) is 0 Å². The van der Waals surface area contributed by atoms with Gasteiger partial charge >= 0.3 is 0 Å². The van der Waals surface area contributed by atoms with E-state index < -0.39 is 0 Å². The molecule has 2 amide bonds. The van der Waals surface area contributed by atoms with E-state index in [1.165, 1.54) is 32.5 Å². The number of carbonyl (C=O) groups is 2. The molecule has 0 radical (unpaired) electrons. The molecule has 0 aliphatic carbocycles. The van der Waals surface area contributed by atoms with E-state index in [4.69, 9.17) is 0 Å². The standard InChI is InChI=1S/C23H44N4O2/c1-20(2)23(29)25(4)12-8-6-5-7-9-22(28)27-17-15-26(16-18-27)19-21-10-13-24(3)14-11-21/h20-21H,5-19H2,1-4H3. The average Bonchev–Trinajstić information content (AvgIpc) is 2.71. The number of nitrogens with zero attached hydrogens (tertiary/aromatic N) is 4. The Bertz CT molecular complexity index is 495. The molecule has 2 fully saturated rings. The van der Waals surface area contributed by atoms with Gasteiger partial charge in [-0.25, -0.2) is 0 Å². The highest BCUT2D eigenvalue weighted by atomic mass is 16.2. The van der Waals surface area contributed by atoms with Gasteiger partial charge in [-0.05, 0) is 51.7 Å². The third kappa shape index (κ3) is 8.63. The second-order valence-electron chi connectivity index (χ2n) is 9.51. The first kappa shape index (κ1) is 24.1. The first-order chi connectivity index (χ1) is 13.9. The van der Waals surface area contributed by atoms with Crippen molar-refractivity contribution in [2.45, 2.75) is 58.8 Å². The van der Waals surface area contributed by atoms with E-state index in [-0.39, 0.29) is 11.8 Å². The van der Waals surface area contributed by atoms with Gasteiger partial charge in [0.15, 0.2) is 0 Å². The smallest absolute Gasteiger partial charge is 0.224 e. The molecule has 0 atom stereocenters. The first-order valence-electron chi connectivity index (χ1n) is 11.8. The molecule has 0 spiro atoms. The Kier molecular flexibility index (Phi) is 10.4. The fourth-order valence-corrected chi connectivity index (χ4v) is 4.48. The van der Waals surface area contributed by atoms with Crippen LogP contribution in [0, 0.1) is 11.8 Å². The number of likely N-dealkylation sites (tertiary alicyclic amines) is 1. The lowest BCUT2D eigenvalue weighted by molar-refractivity contribution is -0.133. The number of carbonyl (C=O) groups excluding carboxylic acids is 2. The molecule has 0 saturated carbocycles. The molecule has 29 heavy (non-hydrogen) atoms. The normalized spacial score (nSPS) is 19.7. The molecule has 2 aliphatic heterocycles. The summed E-state index contributed by atoms with van der Waals surface area (Å²) in [6.07, 6.45) is 7.47. The minimum Gasteiger partial charge on any atom is -0.346 e. The minimum absolute atomic E-state index is 0.0717. The van der Waals surface area contributed by atoms with Crippen LogP contribution in [0.3, 0.4) is 0 Å². The monoisotopic (exact) mass is 408 g/mol.